The summed E-state index contributed by atoms with van der Waals surface area (Å²) in [5, 5.41) is 0. The molecule has 1 aliphatic heterocycles. The summed E-state index contributed by atoms with van der Waals surface area (Å²) in [6.07, 6.45) is 4.89. The Labute approximate surface area is 206 Å². The summed E-state index contributed by atoms with van der Waals surface area (Å²) in [4.78, 5) is 7.29. The van der Waals surface area contributed by atoms with Crippen molar-refractivity contribution in [1.29, 1.82) is 0 Å². The molecule has 0 amide bonds. The number of rotatable bonds is 11. The fourth-order valence-electron chi connectivity index (χ4n) is 4.67. The first-order chi connectivity index (χ1) is 16.7. The zero-order valence-corrected chi connectivity index (χ0v) is 21.0. The molecule has 0 aliphatic carbocycles. The number of ether oxygens (including phenoxy) is 1. The molecule has 1 aliphatic rings. The highest BCUT2D eigenvalue weighted by Crippen LogP contribution is 2.31. The van der Waals surface area contributed by atoms with Gasteiger partial charge in [-0.05, 0) is 87.9 Å². The van der Waals surface area contributed by atoms with Gasteiger partial charge < -0.3 is 9.30 Å². The minimum Gasteiger partial charge on any atom is -0.375 e. The van der Waals surface area contributed by atoms with Crippen LogP contribution >= 0.6 is 0 Å². The minimum absolute atomic E-state index is 0.417. The number of likely N-dealkylation sites (tertiary alicyclic amines) is 1. The van der Waals surface area contributed by atoms with Crippen molar-refractivity contribution in [3.8, 4) is 0 Å². The van der Waals surface area contributed by atoms with Crippen molar-refractivity contribution in [2.24, 2.45) is 13.0 Å². The maximum Gasteiger partial charge on any atom is 0.416 e. The van der Waals surface area contributed by atoms with Gasteiger partial charge >= 0.3 is 6.18 Å². The SMILES string of the molecule is CC/C=C\c1nc(CN2CCC(CCCc3cc(F)cc(C(F)(F)F)c3)CC2)n(C)c1COCC. The van der Waals surface area contributed by atoms with Crippen LogP contribution < -0.4 is 0 Å². The van der Waals surface area contributed by atoms with E-state index in [0.29, 0.717) is 37.2 Å². The van der Waals surface area contributed by atoms with Gasteiger partial charge in [-0.15, -0.1) is 0 Å². The average molecular weight is 496 g/mol. The Morgan fingerprint density at radius 3 is 2.54 bits per heavy atom. The van der Waals surface area contributed by atoms with Crippen molar-refractivity contribution in [2.45, 2.75) is 71.7 Å². The fourth-order valence-corrected chi connectivity index (χ4v) is 4.67. The smallest absolute Gasteiger partial charge is 0.375 e. The summed E-state index contributed by atoms with van der Waals surface area (Å²) in [5.74, 6) is 0.746. The van der Waals surface area contributed by atoms with Gasteiger partial charge in [0.15, 0.2) is 0 Å². The molecule has 35 heavy (non-hydrogen) atoms. The van der Waals surface area contributed by atoms with Gasteiger partial charge in [-0.3, -0.25) is 4.90 Å². The standard InChI is InChI=1S/C27H37F4N3O/c1-4-6-10-24-25(19-35-5-2)33(3)26(32-24)18-34-13-11-20(12-14-34)8-7-9-21-15-22(27(29,30)31)17-23(28)16-21/h6,10,15-17,20H,4-5,7-9,11-14,18-19H2,1-3H3/b10-6-. The predicted molar refractivity (Wildman–Crippen MR) is 130 cm³/mol. The number of aryl methyl sites for hydroxylation is 1. The summed E-state index contributed by atoms with van der Waals surface area (Å²) in [6.45, 7) is 8.01. The van der Waals surface area contributed by atoms with Crippen LogP contribution in [0.5, 0.6) is 0 Å². The second-order valence-corrected chi connectivity index (χ2v) is 9.32. The Morgan fingerprint density at radius 1 is 1.14 bits per heavy atom. The lowest BCUT2D eigenvalue weighted by molar-refractivity contribution is -0.137. The van der Waals surface area contributed by atoms with Crippen molar-refractivity contribution in [2.75, 3.05) is 19.7 Å². The maximum absolute atomic E-state index is 13.6. The lowest BCUT2D eigenvalue weighted by Gasteiger charge is -2.31. The minimum atomic E-state index is -4.52. The van der Waals surface area contributed by atoms with Crippen LogP contribution in [0, 0.1) is 11.7 Å². The normalized spacial score (nSPS) is 16.0. The Hall–Kier alpha value is -2.19. The number of halogens is 4. The number of nitrogens with zero attached hydrogens (tertiary/aromatic N) is 3. The number of benzene rings is 1. The van der Waals surface area contributed by atoms with Gasteiger partial charge in [-0.1, -0.05) is 19.4 Å². The zero-order chi connectivity index (χ0) is 25.4. The molecule has 1 aromatic heterocycles. The van der Waals surface area contributed by atoms with Gasteiger partial charge in [-0.2, -0.15) is 13.2 Å². The number of hydrogen-bond acceptors (Lipinski definition) is 3. The molecule has 2 heterocycles. The Kier molecular flexibility index (Phi) is 9.92. The first-order valence-electron chi connectivity index (χ1n) is 12.6. The van der Waals surface area contributed by atoms with Crippen molar-refractivity contribution in [3.63, 3.8) is 0 Å². The van der Waals surface area contributed by atoms with Gasteiger partial charge in [0.25, 0.3) is 0 Å². The number of imidazole rings is 1. The van der Waals surface area contributed by atoms with Crippen molar-refractivity contribution in [3.05, 3.63) is 58.4 Å². The molecule has 0 N–H and O–H groups in total. The molecule has 0 bridgehead atoms. The van der Waals surface area contributed by atoms with Crippen LogP contribution in [0.3, 0.4) is 0 Å². The van der Waals surface area contributed by atoms with Gasteiger partial charge in [0, 0.05) is 13.7 Å². The van der Waals surface area contributed by atoms with Crippen LogP contribution in [0.2, 0.25) is 0 Å². The molecule has 194 valence electrons. The summed E-state index contributed by atoms with van der Waals surface area (Å²) in [5.41, 5.74) is 1.57. The Balaban J connectivity index is 1.50. The topological polar surface area (TPSA) is 30.3 Å². The van der Waals surface area contributed by atoms with E-state index in [9.17, 15) is 17.6 Å². The maximum atomic E-state index is 13.6. The third-order valence-corrected chi connectivity index (χ3v) is 6.73. The first-order valence-corrected chi connectivity index (χ1v) is 12.6. The van der Waals surface area contributed by atoms with Crippen LogP contribution in [-0.4, -0.2) is 34.1 Å². The number of aromatic nitrogens is 2. The summed E-state index contributed by atoms with van der Waals surface area (Å²) >= 11 is 0. The number of alkyl halides is 3. The van der Waals surface area contributed by atoms with E-state index < -0.39 is 17.6 Å². The van der Waals surface area contributed by atoms with Gasteiger partial charge in [-0.25, -0.2) is 9.37 Å². The summed E-state index contributed by atoms with van der Waals surface area (Å²) in [6, 6.07) is 2.85. The molecule has 0 spiro atoms. The third kappa shape index (κ3) is 7.90. The highest BCUT2D eigenvalue weighted by Gasteiger charge is 2.31. The van der Waals surface area contributed by atoms with Crippen LogP contribution in [0.25, 0.3) is 6.08 Å². The van der Waals surface area contributed by atoms with E-state index in [2.05, 4.69) is 28.5 Å². The molecule has 0 radical (unpaired) electrons. The van der Waals surface area contributed by atoms with E-state index in [1.54, 1.807) is 0 Å². The predicted octanol–water partition coefficient (Wildman–Crippen LogP) is 6.77. The van der Waals surface area contributed by atoms with Crippen LogP contribution in [0.4, 0.5) is 17.6 Å². The molecule has 1 aromatic carbocycles. The molecule has 2 aromatic rings. The first kappa shape index (κ1) is 27.4. The highest BCUT2D eigenvalue weighted by atomic mass is 19.4. The summed E-state index contributed by atoms with van der Waals surface area (Å²) in [7, 11) is 2.04. The van der Waals surface area contributed by atoms with Crippen LogP contribution in [0.1, 0.15) is 74.3 Å². The van der Waals surface area contributed by atoms with Gasteiger partial charge in [0.1, 0.15) is 11.6 Å². The lowest BCUT2D eigenvalue weighted by Crippen LogP contribution is -2.34. The molecule has 1 saturated heterocycles. The van der Waals surface area contributed by atoms with E-state index in [4.69, 9.17) is 9.72 Å². The van der Waals surface area contributed by atoms with Crippen LogP contribution in [0.15, 0.2) is 24.3 Å². The molecular weight excluding hydrogens is 458 g/mol. The second kappa shape index (κ2) is 12.7. The number of allylic oxidation sites excluding steroid dienone is 1. The quantitative estimate of drug-likeness (QED) is 0.322. The van der Waals surface area contributed by atoms with E-state index in [0.717, 1.165) is 75.0 Å². The van der Waals surface area contributed by atoms with E-state index in [1.165, 1.54) is 6.07 Å². The van der Waals surface area contributed by atoms with Crippen molar-refractivity contribution in [1.82, 2.24) is 14.5 Å². The molecule has 3 rings (SSSR count). The van der Waals surface area contributed by atoms with Gasteiger partial charge in [0.05, 0.1) is 30.1 Å². The molecule has 1 fully saturated rings. The molecule has 0 atom stereocenters. The molecule has 8 heteroatoms. The van der Waals surface area contributed by atoms with Crippen molar-refractivity contribution < 1.29 is 22.3 Å². The zero-order valence-electron chi connectivity index (χ0n) is 21.0. The summed E-state index contributed by atoms with van der Waals surface area (Å²) < 4.78 is 60.2. The highest BCUT2D eigenvalue weighted by molar-refractivity contribution is 5.48. The van der Waals surface area contributed by atoms with Crippen LogP contribution in [-0.2, 0) is 37.5 Å². The molecular formula is C27H37F4N3O. The third-order valence-electron chi connectivity index (χ3n) is 6.73. The molecule has 0 saturated carbocycles. The number of piperidine rings is 1. The van der Waals surface area contributed by atoms with E-state index >= 15 is 0 Å². The van der Waals surface area contributed by atoms with E-state index in [-0.39, 0.29) is 0 Å². The van der Waals surface area contributed by atoms with E-state index in [1.807, 2.05) is 14.0 Å². The Bertz CT molecular complexity index is 976. The van der Waals surface area contributed by atoms with Gasteiger partial charge in [0.2, 0.25) is 0 Å². The lowest BCUT2D eigenvalue weighted by atomic mass is 9.90. The Morgan fingerprint density at radius 2 is 1.89 bits per heavy atom. The average Bonchev–Trinajstić information content (AvgIpc) is 3.10. The fraction of sp³-hybridized carbons (Fsp3) is 0.593. The number of hydrogen-bond donors (Lipinski definition) is 0. The molecule has 0 unspecified atom stereocenters. The molecule has 4 nitrogen and oxygen atoms in total. The van der Waals surface area contributed by atoms with Crippen molar-refractivity contribution >= 4 is 6.08 Å². The second-order valence-electron chi connectivity index (χ2n) is 9.32. The largest absolute Gasteiger partial charge is 0.416 e. The monoisotopic (exact) mass is 495 g/mol.